The van der Waals surface area contributed by atoms with Crippen LogP contribution in [0.3, 0.4) is 0 Å². The number of sulfonamides is 1. The summed E-state index contributed by atoms with van der Waals surface area (Å²) >= 11 is 1.19. The minimum atomic E-state index is -3.67. The zero-order chi connectivity index (χ0) is 14.6. The molecule has 0 unspecified atom stereocenters. The first-order valence-electron chi connectivity index (χ1n) is 5.89. The van der Waals surface area contributed by atoms with Gasteiger partial charge in [0.2, 0.25) is 0 Å². The highest BCUT2D eigenvalue weighted by Crippen LogP contribution is 2.23. The summed E-state index contributed by atoms with van der Waals surface area (Å²) < 4.78 is 26.8. The number of nitrogens with one attached hydrogen (secondary N) is 3. The zero-order valence-corrected chi connectivity index (χ0v) is 12.3. The monoisotopic (exact) mass is 314 g/mol. The van der Waals surface area contributed by atoms with Crippen molar-refractivity contribution < 1.29 is 8.42 Å². The largest absolute Gasteiger partial charge is 0.312 e. The fourth-order valence-corrected chi connectivity index (χ4v) is 3.76. The molecular weight excluding hydrogens is 300 g/mol. The highest BCUT2D eigenvalue weighted by molar-refractivity contribution is 7.94. The first-order valence-corrected chi connectivity index (χ1v) is 8.19. The number of nitrogens with zero attached hydrogens (tertiary/aromatic N) is 1. The molecule has 2 heterocycles. The van der Waals surface area contributed by atoms with Crippen LogP contribution < -0.4 is 15.6 Å². The Labute approximate surface area is 120 Å². The third-order valence-electron chi connectivity index (χ3n) is 2.37. The molecule has 0 aliphatic carbocycles. The first kappa shape index (κ1) is 14.7. The third kappa shape index (κ3) is 3.65. The third-order valence-corrected chi connectivity index (χ3v) is 5.30. The second kappa shape index (κ2) is 6.16. The molecule has 2 rings (SSSR count). The van der Waals surface area contributed by atoms with E-state index >= 15 is 0 Å². The molecule has 0 fully saturated rings. The summed E-state index contributed by atoms with van der Waals surface area (Å²) in [4.78, 5) is 11.8. The number of thiophene rings is 1. The summed E-state index contributed by atoms with van der Waals surface area (Å²) in [6.45, 7) is 3.43. The van der Waals surface area contributed by atoms with Crippen molar-refractivity contribution in [1.82, 2.24) is 15.5 Å². The molecule has 0 atom stereocenters. The molecule has 0 radical (unpaired) electrons. The number of aromatic nitrogens is 2. The van der Waals surface area contributed by atoms with Gasteiger partial charge in [-0.3, -0.25) is 9.52 Å². The van der Waals surface area contributed by atoms with Gasteiger partial charge < -0.3 is 5.32 Å². The normalized spacial score (nSPS) is 11.4. The van der Waals surface area contributed by atoms with E-state index in [1.807, 2.05) is 6.92 Å². The van der Waals surface area contributed by atoms with Gasteiger partial charge in [0.1, 0.15) is 4.21 Å². The van der Waals surface area contributed by atoms with Crippen molar-refractivity contribution in [2.24, 2.45) is 0 Å². The summed E-state index contributed by atoms with van der Waals surface area (Å²) in [6.07, 6.45) is 0. The van der Waals surface area contributed by atoms with Crippen molar-refractivity contribution in [2.45, 2.75) is 17.7 Å². The Morgan fingerprint density at radius 2 is 2.10 bits per heavy atom. The topological polar surface area (TPSA) is 104 Å². The van der Waals surface area contributed by atoms with Gasteiger partial charge in [0.25, 0.3) is 15.6 Å². The van der Waals surface area contributed by atoms with Crippen molar-refractivity contribution in [2.75, 3.05) is 11.3 Å². The Morgan fingerprint density at radius 1 is 1.30 bits per heavy atom. The standard InChI is InChI=1S/C11H14N4O3S2/c1-2-12-7-8-3-6-11(19-8)20(17,18)15-9-4-5-10(16)14-13-9/h3-6,12H,2,7H2,1H3,(H,13,15)(H,14,16). The van der Waals surface area contributed by atoms with E-state index in [9.17, 15) is 13.2 Å². The van der Waals surface area contributed by atoms with E-state index in [4.69, 9.17) is 0 Å². The molecule has 9 heteroatoms. The Hall–Kier alpha value is -1.71. The summed E-state index contributed by atoms with van der Waals surface area (Å²) in [7, 11) is -3.67. The van der Waals surface area contributed by atoms with E-state index in [0.717, 1.165) is 11.4 Å². The van der Waals surface area contributed by atoms with Crippen LogP contribution in [0.1, 0.15) is 11.8 Å². The molecule has 0 spiro atoms. The quantitative estimate of drug-likeness (QED) is 0.729. The lowest BCUT2D eigenvalue weighted by molar-refractivity contribution is 0.603. The molecule has 20 heavy (non-hydrogen) atoms. The Balaban J connectivity index is 2.15. The Morgan fingerprint density at radius 3 is 2.75 bits per heavy atom. The molecule has 7 nitrogen and oxygen atoms in total. The summed E-state index contributed by atoms with van der Waals surface area (Å²) in [6, 6.07) is 5.83. The van der Waals surface area contributed by atoms with Crippen LogP contribution >= 0.6 is 11.3 Å². The van der Waals surface area contributed by atoms with E-state index in [-0.39, 0.29) is 10.0 Å². The molecule has 0 amide bonds. The van der Waals surface area contributed by atoms with Gasteiger partial charge >= 0.3 is 0 Å². The molecule has 0 saturated heterocycles. The number of hydrogen-bond donors (Lipinski definition) is 3. The smallest absolute Gasteiger partial charge is 0.272 e. The van der Waals surface area contributed by atoms with E-state index in [0.29, 0.717) is 6.54 Å². The van der Waals surface area contributed by atoms with E-state index in [2.05, 4.69) is 20.2 Å². The average Bonchev–Trinajstić information content (AvgIpc) is 2.88. The minimum Gasteiger partial charge on any atom is -0.312 e. The molecule has 3 N–H and O–H groups in total. The molecule has 0 aromatic carbocycles. The van der Waals surface area contributed by atoms with Gasteiger partial charge in [0, 0.05) is 17.5 Å². The van der Waals surface area contributed by atoms with Crippen LogP contribution in [0.15, 0.2) is 33.3 Å². The van der Waals surface area contributed by atoms with Gasteiger partial charge in [-0.2, -0.15) is 5.10 Å². The molecule has 0 aliphatic heterocycles. The van der Waals surface area contributed by atoms with Crippen LogP contribution in [0.5, 0.6) is 0 Å². The van der Waals surface area contributed by atoms with Crippen LogP contribution in [-0.2, 0) is 16.6 Å². The molecule has 2 aromatic rings. The predicted molar refractivity (Wildman–Crippen MR) is 77.4 cm³/mol. The van der Waals surface area contributed by atoms with Crippen molar-refractivity contribution in [3.8, 4) is 0 Å². The fraction of sp³-hybridized carbons (Fsp3) is 0.273. The molecule has 0 aliphatic rings. The number of H-pyrrole nitrogens is 1. The van der Waals surface area contributed by atoms with Crippen LogP contribution in [-0.4, -0.2) is 25.2 Å². The van der Waals surface area contributed by atoms with E-state index < -0.39 is 15.6 Å². The lowest BCUT2D eigenvalue weighted by Gasteiger charge is -2.04. The lowest BCUT2D eigenvalue weighted by atomic mass is 10.4. The average molecular weight is 314 g/mol. The van der Waals surface area contributed by atoms with E-state index in [1.54, 1.807) is 12.1 Å². The van der Waals surface area contributed by atoms with Gasteiger partial charge in [-0.1, -0.05) is 6.92 Å². The highest BCUT2D eigenvalue weighted by atomic mass is 32.2. The number of anilines is 1. The summed E-state index contributed by atoms with van der Waals surface area (Å²) in [5, 5.41) is 8.91. The maximum absolute atomic E-state index is 12.1. The SMILES string of the molecule is CCNCc1ccc(S(=O)(=O)Nc2ccc(=O)[nH]n2)s1. The van der Waals surface area contributed by atoms with E-state index in [1.165, 1.54) is 23.5 Å². The van der Waals surface area contributed by atoms with Crippen LogP contribution in [0.4, 0.5) is 5.82 Å². The van der Waals surface area contributed by atoms with Gasteiger partial charge in [-0.15, -0.1) is 11.3 Å². The van der Waals surface area contributed by atoms with Crippen molar-refractivity contribution in [3.63, 3.8) is 0 Å². The molecule has 0 bridgehead atoms. The Kier molecular flexibility index (Phi) is 4.53. The fourth-order valence-electron chi connectivity index (χ4n) is 1.44. The van der Waals surface area contributed by atoms with Crippen LogP contribution in [0.25, 0.3) is 0 Å². The number of rotatable bonds is 6. The molecular formula is C11H14N4O3S2. The van der Waals surface area contributed by atoms with Crippen LogP contribution in [0.2, 0.25) is 0 Å². The second-order valence-electron chi connectivity index (χ2n) is 3.91. The first-order chi connectivity index (χ1) is 9.51. The van der Waals surface area contributed by atoms with Gasteiger partial charge in [-0.05, 0) is 24.7 Å². The Bertz CT molecular complexity index is 716. The summed E-state index contributed by atoms with van der Waals surface area (Å²) in [5.74, 6) is 0.0752. The molecule has 2 aromatic heterocycles. The zero-order valence-electron chi connectivity index (χ0n) is 10.7. The molecule has 0 saturated carbocycles. The van der Waals surface area contributed by atoms with Crippen molar-refractivity contribution in [3.05, 3.63) is 39.5 Å². The molecule has 108 valence electrons. The number of hydrogen-bond acceptors (Lipinski definition) is 6. The van der Waals surface area contributed by atoms with Crippen LogP contribution in [0, 0.1) is 0 Å². The van der Waals surface area contributed by atoms with Gasteiger partial charge in [-0.25, -0.2) is 13.5 Å². The van der Waals surface area contributed by atoms with Gasteiger partial charge in [0.15, 0.2) is 5.82 Å². The maximum atomic E-state index is 12.1. The minimum absolute atomic E-state index is 0.0752. The summed E-state index contributed by atoms with van der Waals surface area (Å²) in [5.41, 5.74) is -0.392. The lowest BCUT2D eigenvalue weighted by Crippen LogP contribution is -2.15. The predicted octanol–water partition coefficient (Wildman–Crippen LogP) is 0.742. The maximum Gasteiger partial charge on any atom is 0.272 e. The second-order valence-corrected chi connectivity index (χ2v) is 6.99. The van der Waals surface area contributed by atoms with Gasteiger partial charge in [0.05, 0.1) is 0 Å². The van der Waals surface area contributed by atoms with Crippen molar-refractivity contribution >= 4 is 27.2 Å². The number of aromatic amines is 1. The highest BCUT2D eigenvalue weighted by Gasteiger charge is 2.17. The van der Waals surface area contributed by atoms with Crippen molar-refractivity contribution in [1.29, 1.82) is 0 Å².